The average molecular weight is 352 g/mol. The molecule has 5 nitrogen and oxygen atoms in total. The molecule has 1 unspecified atom stereocenters. The zero-order chi connectivity index (χ0) is 15.2. The zero-order valence-electron chi connectivity index (χ0n) is 12.8. The van der Waals surface area contributed by atoms with Crippen LogP contribution in [0.1, 0.15) is 24.2 Å². The maximum absolute atomic E-state index is 4.50. The van der Waals surface area contributed by atoms with Crippen LogP contribution in [0.2, 0.25) is 0 Å². The first kappa shape index (κ1) is 16.1. The standard InChI is InChI=1S/C15H22BrN5/c1-4-18-14(12-6-5-7-17-10-12)15-13(16)11-19-21(15)9-8-20(2)3/h5-7,10-11,14,18H,4,8-9H2,1-3H3. The molecule has 0 amide bonds. The minimum Gasteiger partial charge on any atom is -0.308 e. The van der Waals surface area contributed by atoms with Crippen LogP contribution in [0.3, 0.4) is 0 Å². The molecule has 0 saturated carbocycles. The molecule has 1 N–H and O–H groups in total. The molecule has 0 aromatic carbocycles. The normalized spacial score (nSPS) is 12.8. The highest BCUT2D eigenvalue weighted by molar-refractivity contribution is 9.10. The van der Waals surface area contributed by atoms with Gasteiger partial charge in [-0.25, -0.2) is 0 Å². The lowest BCUT2D eigenvalue weighted by atomic mass is 10.1. The van der Waals surface area contributed by atoms with Gasteiger partial charge in [0.05, 0.1) is 29.0 Å². The molecule has 0 spiro atoms. The lowest BCUT2D eigenvalue weighted by Gasteiger charge is -2.21. The van der Waals surface area contributed by atoms with Gasteiger partial charge in [-0.05, 0) is 48.2 Å². The Bertz CT molecular complexity index is 552. The number of aromatic nitrogens is 3. The SMILES string of the molecule is CCNC(c1cccnc1)c1c(Br)cnn1CCN(C)C. The average Bonchev–Trinajstić information content (AvgIpc) is 2.84. The van der Waals surface area contributed by atoms with E-state index >= 15 is 0 Å². The number of halogens is 1. The third-order valence-corrected chi connectivity index (χ3v) is 3.90. The van der Waals surface area contributed by atoms with Crippen LogP contribution in [0.25, 0.3) is 0 Å². The second-order valence-corrected chi connectivity index (χ2v) is 6.04. The topological polar surface area (TPSA) is 46.0 Å². The predicted molar refractivity (Wildman–Crippen MR) is 88.2 cm³/mol. The third kappa shape index (κ3) is 4.12. The summed E-state index contributed by atoms with van der Waals surface area (Å²) < 4.78 is 3.08. The summed E-state index contributed by atoms with van der Waals surface area (Å²) in [6, 6.07) is 4.15. The summed E-state index contributed by atoms with van der Waals surface area (Å²) in [5, 5.41) is 8.02. The Morgan fingerprint density at radius 2 is 2.19 bits per heavy atom. The minimum atomic E-state index is 0.0859. The molecule has 2 aromatic rings. The van der Waals surface area contributed by atoms with Crippen LogP contribution in [0.15, 0.2) is 35.2 Å². The molecule has 2 aromatic heterocycles. The van der Waals surface area contributed by atoms with Crippen molar-refractivity contribution in [1.29, 1.82) is 0 Å². The first-order valence-corrected chi connectivity index (χ1v) is 7.92. The number of pyridine rings is 1. The summed E-state index contributed by atoms with van der Waals surface area (Å²) in [5.74, 6) is 0. The first-order valence-electron chi connectivity index (χ1n) is 7.12. The summed E-state index contributed by atoms with van der Waals surface area (Å²) in [6.45, 7) is 4.80. The highest BCUT2D eigenvalue weighted by Crippen LogP contribution is 2.28. The van der Waals surface area contributed by atoms with Crippen LogP contribution in [0, 0.1) is 0 Å². The molecule has 0 aliphatic heterocycles. The molecule has 2 heterocycles. The Labute approximate surface area is 134 Å². The predicted octanol–water partition coefficient (Wildman–Crippen LogP) is 2.30. The zero-order valence-corrected chi connectivity index (χ0v) is 14.3. The fourth-order valence-electron chi connectivity index (χ4n) is 2.26. The molecule has 2 rings (SSSR count). The Balaban J connectivity index is 2.34. The van der Waals surface area contributed by atoms with Gasteiger partial charge in [0.25, 0.3) is 0 Å². The highest BCUT2D eigenvalue weighted by atomic mass is 79.9. The molecule has 0 radical (unpaired) electrons. The monoisotopic (exact) mass is 351 g/mol. The Morgan fingerprint density at radius 1 is 1.38 bits per heavy atom. The molecule has 0 bridgehead atoms. The van der Waals surface area contributed by atoms with Gasteiger partial charge in [0.2, 0.25) is 0 Å². The van der Waals surface area contributed by atoms with Crippen LogP contribution in [-0.2, 0) is 6.54 Å². The van der Waals surface area contributed by atoms with Gasteiger partial charge in [-0.3, -0.25) is 9.67 Å². The minimum absolute atomic E-state index is 0.0859. The van der Waals surface area contributed by atoms with E-state index in [0.29, 0.717) is 0 Å². The fourth-order valence-corrected chi connectivity index (χ4v) is 2.78. The molecule has 6 heteroatoms. The quantitative estimate of drug-likeness (QED) is 0.831. The van der Waals surface area contributed by atoms with Crippen molar-refractivity contribution in [3.8, 4) is 0 Å². The number of hydrogen-bond acceptors (Lipinski definition) is 4. The van der Waals surface area contributed by atoms with Crippen LogP contribution in [0.4, 0.5) is 0 Å². The third-order valence-electron chi connectivity index (χ3n) is 3.29. The van der Waals surface area contributed by atoms with E-state index in [-0.39, 0.29) is 6.04 Å². The molecule has 0 fully saturated rings. The van der Waals surface area contributed by atoms with Gasteiger partial charge in [-0.1, -0.05) is 13.0 Å². The summed E-state index contributed by atoms with van der Waals surface area (Å²) >= 11 is 3.63. The molecular weight excluding hydrogens is 330 g/mol. The number of nitrogens with zero attached hydrogens (tertiary/aromatic N) is 4. The largest absolute Gasteiger partial charge is 0.308 e. The van der Waals surface area contributed by atoms with Gasteiger partial charge in [0.15, 0.2) is 0 Å². The summed E-state index contributed by atoms with van der Waals surface area (Å²) in [6.07, 6.45) is 5.57. The van der Waals surface area contributed by atoms with E-state index in [1.54, 1.807) is 6.20 Å². The Hall–Kier alpha value is -1.24. The van der Waals surface area contributed by atoms with Gasteiger partial charge in [0, 0.05) is 18.9 Å². The van der Waals surface area contributed by atoms with E-state index in [4.69, 9.17) is 0 Å². The summed E-state index contributed by atoms with van der Waals surface area (Å²) in [5.41, 5.74) is 2.29. The van der Waals surface area contributed by atoms with Crippen LogP contribution < -0.4 is 5.32 Å². The van der Waals surface area contributed by atoms with Crippen molar-refractivity contribution in [2.24, 2.45) is 0 Å². The van der Waals surface area contributed by atoms with Crippen LogP contribution in [-0.4, -0.2) is 46.8 Å². The number of likely N-dealkylation sites (N-methyl/N-ethyl adjacent to an activating group) is 1. The molecule has 114 valence electrons. The molecule has 0 saturated heterocycles. The number of hydrogen-bond donors (Lipinski definition) is 1. The van der Waals surface area contributed by atoms with E-state index in [1.807, 2.05) is 18.5 Å². The van der Waals surface area contributed by atoms with Crippen molar-refractivity contribution in [2.75, 3.05) is 27.2 Å². The maximum atomic E-state index is 4.50. The van der Waals surface area contributed by atoms with E-state index < -0.39 is 0 Å². The first-order chi connectivity index (χ1) is 10.1. The molecule has 0 aliphatic rings. The molecular formula is C15H22BrN5. The van der Waals surface area contributed by atoms with Crippen LogP contribution >= 0.6 is 15.9 Å². The van der Waals surface area contributed by atoms with Crippen molar-refractivity contribution in [1.82, 2.24) is 25.0 Å². The van der Waals surface area contributed by atoms with Gasteiger partial charge < -0.3 is 10.2 Å². The van der Waals surface area contributed by atoms with Crippen molar-refractivity contribution >= 4 is 15.9 Å². The van der Waals surface area contributed by atoms with E-state index in [0.717, 1.165) is 35.4 Å². The van der Waals surface area contributed by atoms with E-state index in [2.05, 4.69) is 68.0 Å². The smallest absolute Gasteiger partial charge is 0.0774 e. The van der Waals surface area contributed by atoms with E-state index in [9.17, 15) is 0 Å². The second kappa shape index (κ2) is 7.68. The van der Waals surface area contributed by atoms with Gasteiger partial charge in [-0.2, -0.15) is 5.10 Å². The maximum Gasteiger partial charge on any atom is 0.0774 e. The molecule has 1 atom stereocenters. The van der Waals surface area contributed by atoms with Crippen LogP contribution in [0.5, 0.6) is 0 Å². The van der Waals surface area contributed by atoms with Gasteiger partial charge in [0.1, 0.15) is 0 Å². The molecule has 0 aliphatic carbocycles. The van der Waals surface area contributed by atoms with Crippen molar-refractivity contribution in [2.45, 2.75) is 19.5 Å². The summed E-state index contributed by atoms with van der Waals surface area (Å²) in [4.78, 5) is 6.40. The second-order valence-electron chi connectivity index (χ2n) is 5.18. The Kier molecular flexibility index (Phi) is 5.90. The number of nitrogens with one attached hydrogen (secondary N) is 1. The van der Waals surface area contributed by atoms with Crippen molar-refractivity contribution in [3.63, 3.8) is 0 Å². The lowest BCUT2D eigenvalue weighted by Crippen LogP contribution is -2.27. The number of rotatable bonds is 7. The Morgan fingerprint density at radius 3 is 2.81 bits per heavy atom. The lowest BCUT2D eigenvalue weighted by molar-refractivity contribution is 0.365. The van der Waals surface area contributed by atoms with Gasteiger partial charge in [-0.15, -0.1) is 0 Å². The summed E-state index contributed by atoms with van der Waals surface area (Å²) in [7, 11) is 4.14. The highest BCUT2D eigenvalue weighted by Gasteiger charge is 2.21. The van der Waals surface area contributed by atoms with Gasteiger partial charge >= 0.3 is 0 Å². The fraction of sp³-hybridized carbons (Fsp3) is 0.467. The van der Waals surface area contributed by atoms with E-state index in [1.165, 1.54) is 0 Å². The van der Waals surface area contributed by atoms with Crippen molar-refractivity contribution in [3.05, 3.63) is 46.5 Å². The molecule has 21 heavy (non-hydrogen) atoms. The van der Waals surface area contributed by atoms with Crippen molar-refractivity contribution < 1.29 is 0 Å².